The molecular weight excluding hydrogens is 172 g/mol. The summed E-state index contributed by atoms with van der Waals surface area (Å²) in [4.78, 5) is 2.21. The van der Waals surface area contributed by atoms with Crippen LogP contribution in [0.4, 0.5) is 5.69 Å². The highest BCUT2D eigenvalue weighted by molar-refractivity contribution is 5.48. The van der Waals surface area contributed by atoms with E-state index in [0.29, 0.717) is 0 Å². The maximum Gasteiger partial charge on any atom is 0.116 e. The van der Waals surface area contributed by atoms with Crippen LogP contribution in [0.25, 0.3) is 0 Å². The van der Waals surface area contributed by atoms with Crippen LogP contribution >= 0.6 is 0 Å². The fourth-order valence-corrected chi connectivity index (χ4v) is 1.99. The Kier molecular flexibility index (Phi) is 2.69. The molecule has 1 unspecified atom stereocenters. The van der Waals surface area contributed by atoms with Crippen molar-refractivity contribution in [1.82, 2.24) is 0 Å². The zero-order chi connectivity index (χ0) is 9.80. The topological polar surface area (TPSA) is 27.0 Å². The molecule has 0 radical (unpaired) electrons. The number of rotatable bonds is 1. The predicted octanol–water partition coefficient (Wildman–Crippen LogP) is 2.57. The van der Waals surface area contributed by atoms with Gasteiger partial charge in [-0.3, -0.25) is 0 Å². The molecule has 0 amide bonds. The Balaban J connectivity index is 2.20. The molecule has 0 bridgehead atoms. The first-order valence-corrected chi connectivity index (χ1v) is 5.13. The summed E-state index contributed by atoms with van der Waals surface area (Å²) in [6.45, 7) is 1.02. The minimum absolute atomic E-state index is 0.0751. The summed E-state index contributed by atoms with van der Waals surface area (Å²) in [5.41, 5.74) is 1.18. The number of benzene rings is 1. The minimum atomic E-state index is 0.0751. The summed E-state index contributed by atoms with van der Waals surface area (Å²) in [5, 5.41) is 9.03. The third-order valence-corrected chi connectivity index (χ3v) is 2.74. The van der Waals surface area contributed by atoms with Crippen molar-refractivity contribution >= 4 is 5.69 Å². The van der Waals surface area contributed by atoms with Crippen LogP contribution in [0.1, 0.15) is 19.3 Å². The molecular formula is C12H14N2. The van der Waals surface area contributed by atoms with Crippen molar-refractivity contribution in [2.75, 3.05) is 11.4 Å². The fourth-order valence-electron chi connectivity index (χ4n) is 1.99. The highest BCUT2D eigenvalue weighted by Gasteiger charge is 2.21. The second kappa shape index (κ2) is 4.15. The molecule has 0 spiro atoms. The fraction of sp³-hybridized carbons (Fsp3) is 0.417. The van der Waals surface area contributed by atoms with E-state index in [1.165, 1.54) is 18.5 Å². The average molecular weight is 186 g/mol. The van der Waals surface area contributed by atoms with E-state index in [-0.39, 0.29) is 6.04 Å². The van der Waals surface area contributed by atoms with Gasteiger partial charge in [0.2, 0.25) is 0 Å². The van der Waals surface area contributed by atoms with Gasteiger partial charge < -0.3 is 4.90 Å². The van der Waals surface area contributed by atoms with Gasteiger partial charge in [0.25, 0.3) is 0 Å². The normalized spacial score (nSPS) is 21.6. The van der Waals surface area contributed by atoms with E-state index >= 15 is 0 Å². The molecule has 2 rings (SSSR count). The largest absolute Gasteiger partial charge is 0.356 e. The smallest absolute Gasteiger partial charge is 0.116 e. The third-order valence-electron chi connectivity index (χ3n) is 2.74. The second-order valence-corrected chi connectivity index (χ2v) is 3.67. The second-order valence-electron chi connectivity index (χ2n) is 3.67. The molecule has 0 aliphatic carbocycles. The van der Waals surface area contributed by atoms with Crippen LogP contribution in [0.2, 0.25) is 0 Å². The lowest BCUT2D eigenvalue weighted by Gasteiger charge is -2.33. The maximum absolute atomic E-state index is 9.03. The molecule has 0 saturated carbocycles. The number of para-hydroxylation sites is 1. The number of nitrogens with zero attached hydrogens (tertiary/aromatic N) is 2. The van der Waals surface area contributed by atoms with Crippen LogP contribution in [-0.2, 0) is 0 Å². The number of nitriles is 1. The molecule has 1 aliphatic rings. The van der Waals surface area contributed by atoms with Crippen molar-refractivity contribution in [1.29, 1.82) is 5.26 Å². The Morgan fingerprint density at radius 2 is 2.00 bits per heavy atom. The highest BCUT2D eigenvalue weighted by Crippen LogP contribution is 2.23. The standard InChI is InChI=1S/C12H14N2/c13-10-12-8-4-5-9-14(12)11-6-2-1-3-7-11/h1-3,6-7,12H,4-5,8-9H2. The third kappa shape index (κ3) is 1.72. The molecule has 1 fully saturated rings. The summed E-state index contributed by atoms with van der Waals surface area (Å²) >= 11 is 0. The van der Waals surface area contributed by atoms with Gasteiger partial charge in [0.15, 0.2) is 0 Å². The Hall–Kier alpha value is -1.49. The minimum Gasteiger partial charge on any atom is -0.356 e. The molecule has 1 aromatic rings. The van der Waals surface area contributed by atoms with Crippen LogP contribution in [0.15, 0.2) is 30.3 Å². The number of piperidine rings is 1. The SMILES string of the molecule is N#CC1CCCCN1c1ccccc1. The Morgan fingerprint density at radius 3 is 2.71 bits per heavy atom. The zero-order valence-electron chi connectivity index (χ0n) is 8.19. The molecule has 2 nitrogen and oxygen atoms in total. The Labute approximate surface area is 84.8 Å². The van der Waals surface area contributed by atoms with Crippen LogP contribution in [0.5, 0.6) is 0 Å². The lowest BCUT2D eigenvalue weighted by atomic mass is 10.0. The summed E-state index contributed by atoms with van der Waals surface area (Å²) < 4.78 is 0. The van der Waals surface area contributed by atoms with Gasteiger partial charge in [-0.05, 0) is 31.4 Å². The Morgan fingerprint density at radius 1 is 1.21 bits per heavy atom. The van der Waals surface area contributed by atoms with Gasteiger partial charge in [-0.1, -0.05) is 18.2 Å². The lowest BCUT2D eigenvalue weighted by Crippen LogP contribution is -2.38. The van der Waals surface area contributed by atoms with E-state index in [4.69, 9.17) is 5.26 Å². The van der Waals surface area contributed by atoms with Crippen molar-refractivity contribution in [3.63, 3.8) is 0 Å². The van der Waals surface area contributed by atoms with E-state index < -0.39 is 0 Å². The first-order chi connectivity index (χ1) is 6.92. The molecule has 1 aliphatic heterocycles. The van der Waals surface area contributed by atoms with Crippen molar-refractivity contribution in [3.8, 4) is 6.07 Å². The summed E-state index contributed by atoms with van der Waals surface area (Å²) in [7, 11) is 0. The van der Waals surface area contributed by atoms with Crippen LogP contribution in [-0.4, -0.2) is 12.6 Å². The van der Waals surface area contributed by atoms with E-state index in [1.807, 2.05) is 18.2 Å². The summed E-state index contributed by atoms with van der Waals surface area (Å²) in [6.07, 6.45) is 3.39. The zero-order valence-corrected chi connectivity index (χ0v) is 8.19. The van der Waals surface area contributed by atoms with Gasteiger partial charge in [-0.15, -0.1) is 0 Å². The lowest BCUT2D eigenvalue weighted by molar-refractivity contribution is 0.521. The van der Waals surface area contributed by atoms with Gasteiger partial charge in [0, 0.05) is 12.2 Å². The number of hydrogen-bond acceptors (Lipinski definition) is 2. The van der Waals surface area contributed by atoms with Crippen LogP contribution in [0, 0.1) is 11.3 Å². The Bertz CT molecular complexity index is 326. The highest BCUT2D eigenvalue weighted by atomic mass is 15.2. The molecule has 72 valence electrons. The first kappa shape index (κ1) is 9.08. The van der Waals surface area contributed by atoms with Gasteiger partial charge in [0.05, 0.1) is 6.07 Å². The molecule has 1 saturated heterocycles. The van der Waals surface area contributed by atoms with Crippen molar-refractivity contribution in [2.45, 2.75) is 25.3 Å². The molecule has 14 heavy (non-hydrogen) atoms. The first-order valence-electron chi connectivity index (χ1n) is 5.13. The predicted molar refractivity (Wildman–Crippen MR) is 57.0 cm³/mol. The molecule has 2 heteroatoms. The van der Waals surface area contributed by atoms with Crippen LogP contribution in [0.3, 0.4) is 0 Å². The van der Waals surface area contributed by atoms with Crippen molar-refractivity contribution in [2.24, 2.45) is 0 Å². The number of hydrogen-bond donors (Lipinski definition) is 0. The van der Waals surface area contributed by atoms with Gasteiger partial charge >= 0.3 is 0 Å². The molecule has 1 atom stereocenters. The molecule has 0 N–H and O–H groups in total. The maximum atomic E-state index is 9.03. The van der Waals surface area contributed by atoms with Crippen molar-refractivity contribution in [3.05, 3.63) is 30.3 Å². The van der Waals surface area contributed by atoms with E-state index in [1.54, 1.807) is 0 Å². The van der Waals surface area contributed by atoms with Gasteiger partial charge in [-0.25, -0.2) is 0 Å². The van der Waals surface area contributed by atoms with Gasteiger partial charge in [0.1, 0.15) is 6.04 Å². The average Bonchev–Trinajstić information content (AvgIpc) is 2.30. The summed E-state index contributed by atoms with van der Waals surface area (Å²) in [6, 6.07) is 12.7. The van der Waals surface area contributed by atoms with Crippen LogP contribution < -0.4 is 4.90 Å². The van der Waals surface area contributed by atoms with E-state index in [9.17, 15) is 0 Å². The molecule has 1 heterocycles. The summed E-state index contributed by atoms with van der Waals surface area (Å²) in [5.74, 6) is 0. The van der Waals surface area contributed by atoms with Gasteiger partial charge in [-0.2, -0.15) is 5.26 Å². The van der Waals surface area contributed by atoms with Crippen molar-refractivity contribution < 1.29 is 0 Å². The quantitative estimate of drug-likeness (QED) is 0.674. The monoisotopic (exact) mass is 186 g/mol. The molecule has 1 aromatic carbocycles. The number of anilines is 1. The molecule has 0 aromatic heterocycles. The van der Waals surface area contributed by atoms with E-state index in [0.717, 1.165) is 13.0 Å². The van der Waals surface area contributed by atoms with E-state index in [2.05, 4.69) is 23.1 Å².